The van der Waals surface area contributed by atoms with E-state index in [2.05, 4.69) is 5.10 Å². The monoisotopic (exact) mass is 293 g/mol. The van der Waals surface area contributed by atoms with Crippen molar-refractivity contribution in [2.75, 3.05) is 0 Å². The Bertz CT molecular complexity index is 593. The average Bonchev–Trinajstić information content (AvgIpc) is 2.72. The van der Waals surface area contributed by atoms with Crippen LogP contribution in [-0.2, 0) is 13.2 Å². The lowest BCUT2D eigenvalue weighted by Gasteiger charge is -2.14. The Kier molecular flexibility index (Phi) is 4.68. The van der Waals surface area contributed by atoms with Crippen molar-refractivity contribution in [1.82, 2.24) is 9.78 Å². The highest BCUT2D eigenvalue weighted by atomic mass is 35.5. The van der Waals surface area contributed by atoms with E-state index in [1.54, 1.807) is 0 Å². The van der Waals surface area contributed by atoms with E-state index in [0.29, 0.717) is 11.6 Å². The van der Waals surface area contributed by atoms with Crippen molar-refractivity contribution < 1.29 is 4.74 Å². The Morgan fingerprint density at radius 2 is 2.10 bits per heavy atom. The summed E-state index contributed by atoms with van der Waals surface area (Å²) in [7, 11) is 0. The maximum Gasteiger partial charge on any atom is 0.131 e. The summed E-state index contributed by atoms with van der Waals surface area (Å²) in [6.07, 6.45) is 0. The molecule has 0 radical (unpaired) electrons. The van der Waals surface area contributed by atoms with Crippen molar-refractivity contribution in [3.05, 3.63) is 46.2 Å². The normalized spacial score (nSPS) is 12.4. The Balaban J connectivity index is 2.21. The lowest BCUT2D eigenvalue weighted by atomic mass is 10.1. The summed E-state index contributed by atoms with van der Waals surface area (Å²) >= 11 is 6.27. The molecule has 4 nitrogen and oxygen atoms in total. The molecule has 1 aromatic carbocycles. The van der Waals surface area contributed by atoms with Gasteiger partial charge in [-0.05, 0) is 26.8 Å². The highest BCUT2D eigenvalue weighted by Crippen LogP contribution is 2.26. The largest absolute Gasteiger partial charge is 0.487 e. The van der Waals surface area contributed by atoms with Crippen LogP contribution >= 0.6 is 11.6 Å². The SMILES string of the molecule is CCn1nc(C)c(Cl)c1COc1ccccc1[C@@H](C)N. The van der Waals surface area contributed by atoms with Crippen LogP contribution in [-0.4, -0.2) is 9.78 Å². The number of rotatable bonds is 5. The number of aromatic nitrogens is 2. The van der Waals surface area contributed by atoms with Crippen molar-refractivity contribution in [3.63, 3.8) is 0 Å². The third-order valence-corrected chi connectivity index (χ3v) is 3.72. The molecule has 108 valence electrons. The standard InChI is InChI=1S/C15H20ClN3O/c1-4-19-13(15(16)11(3)18-19)9-20-14-8-6-5-7-12(14)10(2)17/h5-8,10H,4,9,17H2,1-3H3/t10-/m1/s1. The van der Waals surface area contributed by atoms with Crippen LogP contribution in [0.1, 0.15) is 36.8 Å². The number of ether oxygens (including phenoxy) is 1. The molecule has 1 atom stereocenters. The number of hydrogen-bond donors (Lipinski definition) is 1. The Morgan fingerprint density at radius 1 is 1.40 bits per heavy atom. The van der Waals surface area contributed by atoms with Crippen molar-refractivity contribution in [3.8, 4) is 5.75 Å². The minimum atomic E-state index is -0.0699. The van der Waals surface area contributed by atoms with E-state index >= 15 is 0 Å². The number of halogens is 1. The van der Waals surface area contributed by atoms with Crippen molar-refractivity contribution in [1.29, 1.82) is 0 Å². The number of aryl methyl sites for hydroxylation is 2. The number of para-hydroxylation sites is 1. The second-order valence-corrected chi connectivity index (χ2v) is 5.15. The minimum Gasteiger partial charge on any atom is -0.487 e. The number of benzene rings is 1. The predicted molar refractivity (Wildman–Crippen MR) is 81.0 cm³/mol. The summed E-state index contributed by atoms with van der Waals surface area (Å²) in [5, 5.41) is 5.05. The van der Waals surface area contributed by atoms with Gasteiger partial charge in [0.2, 0.25) is 0 Å². The molecule has 5 heteroatoms. The first-order chi connectivity index (χ1) is 9.54. The summed E-state index contributed by atoms with van der Waals surface area (Å²) in [6.45, 7) is 7.02. The summed E-state index contributed by atoms with van der Waals surface area (Å²) < 4.78 is 7.76. The molecule has 2 rings (SSSR count). The molecule has 1 heterocycles. The van der Waals surface area contributed by atoms with Crippen LogP contribution in [0.2, 0.25) is 5.02 Å². The topological polar surface area (TPSA) is 53.1 Å². The maximum absolute atomic E-state index is 6.27. The maximum atomic E-state index is 6.27. The highest BCUT2D eigenvalue weighted by Gasteiger charge is 2.14. The molecule has 0 aliphatic heterocycles. The van der Waals surface area contributed by atoms with Crippen LogP contribution in [0.25, 0.3) is 0 Å². The van der Waals surface area contributed by atoms with Crippen LogP contribution in [0.3, 0.4) is 0 Å². The van der Waals surface area contributed by atoms with Gasteiger partial charge >= 0.3 is 0 Å². The van der Waals surface area contributed by atoms with E-state index in [4.69, 9.17) is 22.1 Å². The molecular formula is C15H20ClN3O. The Morgan fingerprint density at radius 3 is 2.75 bits per heavy atom. The number of nitrogens with two attached hydrogens (primary N) is 1. The molecule has 0 amide bonds. The second kappa shape index (κ2) is 6.29. The van der Waals surface area contributed by atoms with Crippen molar-refractivity contribution in [2.45, 2.75) is 40.0 Å². The first-order valence-electron chi connectivity index (χ1n) is 6.73. The molecule has 0 spiro atoms. The van der Waals surface area contributed by atoms with Gasteiger partial charge in [-0.25, -0.2) is 0 Å². The Labute approximate surface area is 124 Å². The molecule has 0 unspecified atom stereocenters. The highest BCUT2D eigenvalue weighted by molar-refractivity contribution is 6.31. The quantitative estimate of drug-likeness (QED) is 0.918. The van der Waals surface area contributed by atoms with E-state index in [-0.39, 0.29) is 6.04 Å². The fraction of sp³-hybridized carbons (Fsp3) is 0.400. The molecule has 0 bridgehead atoms. The zero-order valence-corrected chi connectivity index (χ0v) is 12.8. The molecule has 0 aliphatic rings. The zero-order chi connectivity index (χ0) is 14.7. The van der Waals surface area contributed by atoms with Crippen molar-refractivity contribution >= 4 is 11.6 Å². The number of nitrogens with zero attached hydrogens (tertiary/aromatic N) is 2. The van der Waals surface area contributed by atoms with E-state index in [1.165, 1.54) is 0 Å². The van der Waals surface area contributed by atoms with Gasteiger partial charge in [-0.1, -0.05) is 29.8 Å². The fourth-order valence-electron chi connectivity index (χ4n) is 2.14. The fourth-order valence-corrected chi connectivity index (χ4v) is 2.33. The van der Waals surface area contributed by atoms with Gasteiger partial charge in [0.15, 0.2) is 0 Å². The van der Waals surface area contributed by atoms with Gasteiger partial charge < -0.3 is 10.5 Å². The van der Waals surface area contributed by atoms with Crippen LogP contribution in [0.5, 0.6) is 5.75 Å². The molecule has 1 aromatic heterocycles. The first kappa shape index (κ1) is 14.9. The first-order valence-corrected chi connectivity index (χ1v) is 7.11. The summed E-state index contributed by atoms with van der Waals surface area (Å²) in [5.74, 6) is 0.792. The van der Waals surface area contributed by atoms with Crippen LogP contribution in [0.15, 0.2) is 24.3 Å². The van der Waals surface area contributed by atoms with E-state index in [9.17, 15) is 0 Å². The van der Waals surface area contributed by atoms with E-state index in [0.717, 1.165) is 29.2 Å². The van der Waals surface area contributed by atoms with Gasteiger partial charge in [0.25, 0.3) is 0 Å². The summed E-state index contributed by atoms with van der Waals surface area (Å²) in [4.78, 5) is 0. The average molecular weight is 294 g/mol. The third-order valence-electron chi connectivity index (χ3n) is 3.23. The van der Waals surface area contributed by atoms with Crippen LogP contribution in [0.4, 0.5) is 0 Å². The molecule has 0 aliphatic carbocycles. The summed E-state index contributed by atoms with van der Waals surface area (Å²) in [6, 6.07) is 7.72. The van der Waals surface area contributed by atoms with Crippen molar-refractivity contribution in [2.24, 2.45) is 5.73 Å². The van der Waals surface area contributed by atoms with Gasteiger partial charge in [0, 0.05) is 18.2 Å². The van der Waals surface area contributed by atoms with Gasteiger partial charge in [-0.3, -0.25) is 4.68 Å². The third kappa shape index (κ3) is 2.97. The molecule has 0 fully saturated rings. The van der Waals surface area contributed by atoms with Gasteiger partial charge in [-0.2, -0.15) is 5.10 Å². The van der Waals surface area contributed by atoms with E-state index in [1.807, 2.05) is 49.7 Å². The number of hydrogen-bond acceptors (Lipinski definition) is 3. The van der Waals surface area contributed by atoms with Gasteiger partial charge in [0.1, 0.15) is 12.4 Å². The molecule has 20 heavy (non-hydrogen) atoms. The van der Waals surface area contributed by atoms with Gasteiger partial charge in [-0.15, -0.1) is 0 Å². The minimum absolute atomic E-state index is 0.0699. The molecule has 2 N–H and O–H groups in total. The van der Waals surface area contributed by atoms with Gasteiger partial charge in [0.05, 0.1) is 16.4 Å². The van der Waals surface area contributed by atoms with Crippen LogP contribution < -0.4 is 10.5 Å². The Hall–Kier alpha value is -1.52. The molecule has 0 saturated heterocycles. The van der Waals surface area contributed by atoms with Crippen LogP contribution in [0, 0.1) is 6.92 Å². The second-order valence-electron chi connectivity index (χ2n) is 4.78. The predicted octanol–water partition coefficient (Wildman–Crippen LogP) is 3.46. The lowest BCUT2D eigenvalue weighted by Crippen LogP contribution is -2.10. The molecular weight excluding hydrogens is 274 g/mol. The zero-order valence-electron chi connectivity index (χ0n) is 12.1. The summed E-state index contributed by atoms with van der Waals surface area (Å²) in [5.41, 5.74) is 8.66. The lowest BCUT2D eigenvalue weighted by molar-refractivity contribution is 0.288. The smallest absolute Gasteiger partial charge is 0.131 e. The van der Waals surface area contributed by atoms with E-state index < -0.39 is 0 Å². The molecule has 0 saturated carbocycles. The molecule has 2 aromatic rings.